The van der Waals surface area contributed by atoms with Crippen molar-refractivity contribution in [1.82, 2.24) is 25.0 Å². The van der Waals surface area contributed by atoms with Gasteiger partial charge in [-0.15, -0.1) is 0 Å². The molecule has 196 valence electrons. The normalized spacial score (nSPS) is 15.4. The number of methoxy groups -OCH3 is 1. The quantitative estimate of drug-likeness (QED) is 0.322. The van der Waals surface area contributed by atoms with Crippen LogP contribution in [0, 0.1) is 5.92 Å². The summed E-state index contributed by atoms with van der Waals surface area (Å²) < 4.78 is 34.0. The van der Waals surface area contributed by atoms with Crippen LogP contribution in [0.25, 0.3) is 0 Å². The van der Waals surface area contributed by atoms with E-state index in [0.29, 0.717) is 43.8 Å². The fourth-order valence-electron chi connectivity index (χ4n) is 4.29. The SMILES string of the molecule is CCCNC(=O)N1CCC([C@H](C(=O)NO)N(Cc2ccncc2)S(=O)(=O)c2ccc(OC)cc2)CC1. The van der Waals surface area contributed by atoms with Crippen molar-refractivity contribution in [2.75, 3.05) is 26.7 Å². The van der Waals surface area contributed by atoms with Crippen LogP contribution >= 0.6 is 0 Å². The van der Waals surface area contributed by atoms with Crippen LogP contribution in [-0.2, 0) is 21.4 Å². The molecule has 3 N–H and O–H groups in total. The number of hydroxylamine groups is 1. The molecule has 2 heterocycles. The van der Waals surface area contributed by atoms with Gasteiger partial charge >= 0.3 is 6.03 Å². The Balaban J connectivity index is 1.94. The second kappa shape index (κ2) is 12.7. The minimum Gasteiger partial charge on any atom is -0.497 e. The first-order valence-electron chi connectivity index (χ1n) is 11.8. The highest BCUT2D eigenvalue weighted by atomic mass is 32.2. The number of benzene rings is 1. The average Bonchev–Trinajstić information content (AvgIpc) is 2.92. The number of nitrogens with zero attached hydrogens (tertiary/aromatic N) is 3. The molecule has 12 heteroatoms. The van der Waals surface area contributed by atoms with Crippen LogP contribution in [-0.4, -0.2) is 72.5 Å². The topological polar surface area (TPSA) is 141 Å². The van der Waals surface area contributed by atoms with Gasteiger partial charge in [-0.05, 0) is 67.1 Å². The summed E-state index contributed by atoms with van der Waals surface area (Å²) in [7, 11) is -2.70. The number of piperidine rings is 1. The number of hydrogen-bond donors (Lipinski definition) is 3. The van der Waals surface area contributed by atoms with E-state index >= 15 is 0 Å². The molecule has 2 aromatic rings. The van der Waals surface area contributed by atoms with Crippen LogP contribution in [0.2, 0.25) is 0 Å². The number of rotatable bonds is 10. The number of urea groups is 1. The summed E-state index contributed by atoms with van der Waals surface area (Å²) in [6.07, 6.45) is 4.68. The van der Waals surface area contributed by atoms with E-state index in [4.69, 9.17) is 4.74 Å². The summed E-state index contributed by atoms with van der Waals surface area (Å²) in [4.78, 5) is 31.0. The molecule has 1 aromatic carbocycles. The number of pyridine rings is 1. The lowest BCUT2D eigenvalue weighted by Gasteiger charge is -2.39. The number of ether oxygens (including phenoxy) is 1. The Morgan fingerprint density at radius 1 is 1.17 bits per heavy atom. The lowest BCUT2D eigenvalue weighted by Crippen LogP contribution is -2.55. The first kappa shape index (κ1) is 27.4. The lowest BCUT2D eigenvalue weighted by atomic mass is 9.88. The molecule has 1 atom stereocenters. The molecule has 0 spiro atoms. The third-order valence-electron chi connectivity index (χ3n) is 6.24. The third-order valence-corrected chi connectivity index (χ3v) is 8.08. The molecule has 0 saturated carbocycles. The van der Waals surface area contributed by atoms with Gasteiger partial charge in [-0.1, -0.05) is 6.92 Å². The summed E-state index contributed by atoms with van der Waals surface area (Å²) >= 11 is 0. The minimum absolute atomic E-state index is 0.00975. The van der Waals surface area contributed by atoms with Gasteiger partial charge in [0.05, 0.1) is 12.0 Å². The molecule has 1 aliphatic heterocycles. The van der Waals surface area contributed by atoms with Gasteiger partial charge in [-0.2, -0.15) is 4.31 Å². The Morgan fingerprint density at radius 3 is 2.36 bits per heavy atom. The van der Waals surface area contributed by atoms with E-state index in [2.05, 4.69) is 10.3 Å². The Labute approximate surface area is 211 Å². The van der Waals surface area contributed by atoms with E-state index in [-0.39, 0.29) is 17.5 Å². The molecule has 1 fully saturated rings. The maximum atomic E-state index is 13.9. The molecule has 36 heavy (non-hydrogen) atoms. The van der Waals surface area contributed by atoms with E-state index in [0.717, 1.165) is 10.7 Å². The van der Waals surface area contributed by atoms with Crippen LogP contribution in [0.5, 0.6) is 5.75 Å². The van der Waals surface area contributed by atoms with Crippen LogP contribution < -0.4 is 15.5 Å². The third kappa shape index (κ3) is 6.50. The highest BCUT2D eigenvalue weighted by molar-refractivity contribution is 7.89. The zero-order valence-corrected chi connectivity index (χ0v) is 21.3. The van der Waals surface area contributed by atoms with Crippen LogP contribution in [0.3, 0.4) is 0 Å². The largest absolute Gasteiger partial charge is 0.497 e. The summed E-state index contributed by atoms with van der Waals surface area (Å²) in [5.41, 5.74) is 2.30. The first-order chi connectivity index (χ1) is 17.3. The summed E-state index contributed by atoms with van der Waals surface area (Å²) in [5, 5.41) is 12.4. The Bertz CT molecular complexity index is 1110. The van der Waals surface area contributed by atoms with Crippen molar-refractivity contribution < 1.29 is 28.0 Å². The van der Waals surface area contributed by atoms with Crippen molar-refractivity contribution in [3.05, 3.63) is 54.4 Å². The molecule has 1 saturated heterocycles. The van der Waals surface area contributed by atoms with Gasteiger partial charge in [0, 0.05) is 38.6 Å². The van der Waals surface area contributed by atoms with Crippen molar-refractivity contribution in [3.63, 3.8) is 0 Å². The number of aromatic nitrogens is 1. The number of amides is 3. The average molecular weight is 520 g/mol. The van der Waals surface area contributed by atoms with E-state index in [1.165, 1.54) is 31.4 Å². The Hall–Kier alpha value is -3.22. The number of likely N-dealkylation sites (tertiary alicyclic amines) is 1. The van der Waals surface area contributed by atoms with Gasteiger partial charge in [0.15, 0.2) is 0 Å². The summed E-state index contributed by atoms with van der Waals surface area (Å²) in [5.74, 6) is -0.759. The van der Waals surface area contributed by atoms with Crippen molar-refractivity contribution >= 4 is 22.0 Å². The lowest BCUT2D eigenvalue weighted by molar-refractivity contribution is -0.135. The summed E-state index contributed by atoms with van der Waals surface area (Å²) in [6, 6.07) is 7.87. The molecule has 0 aliphatic carbocycles. The zero-order valence-electron chi connectivity index (χ0n) is 20.5. The van der Waals surface area contributed by atoms with Gasteiger partial charge in [-0.3, -0.25) is 15.0 Å². The second-order valence-corrected chi connectivity index (χ2v) is 10.4. The van der Waals surface area contributed by atoms with Crippen LogP contribution in [0.15, 0.2) is 53.7 Å². The second-order valence-electron chi connectivity index (χ2n) is 8.56. The maximum Gasteiger partial charge on any atom is 0.317 e. The van der Waals surface area contributed by atoms with Crippen molar-refractivity contribution in [2.24, 2.45) is 5.92 Å². The molecule has 0 bridgehead atoms. The first-order valence-corrected chi connectivity index (χ1v) is 13.3. The van der Waals surface area contributed by atoms with Crippen molar-refractivity contribution in [2.45, 2.75) is 43.7 Å². The zero-order chi connectivity index (χ0) is 26.1. The number of sulfonamides is 1. The van der Waals surface area contributed by atoms with E-state index in [9.17, 15) is 23.2 Å². The molecule has 0 radical (unpaired) electrons. The highest BCUT2D eigenvalue weighted by Gasteiger charge is 2.42. The number of nitrogens with one attached hydrogen (secondary N) is 2. The van der Waals surface area contributed by atoms with Gasteiger partial charge in [0.2, 0.25) is 10.0 Å². The molecule has 1 aromatic heterocycles. The standard InChI is InChI=1S/C24H33N5O6S/c1-3-12-26-24(31)28-15-10-19(11-16-28)22(23(30)27-32)29(17-18-8-13-25-14-9-18)36(33,34)21-6-4-20(35-2)5-7-21/h4-9,13-14,19,22,32H,3,10-12,15-17H2,1-2H3,(H,26,31)(H,27,30)/t22-/m1/s1. The van der Waals surface area contributed by atoms with Crippen molar-refractivity contribution in [1.29, 1.82) is 0 Å². The number of hydrogen-bond acceptors (Lipinski definition) is 7. The van der Waals surface area contributed by atoms with Gasteiger partial charge in [0.25, 0.3) is 5.91 Å². The molecular weight excluding hydrogens is 486 g/mol. The molecule has 3 amide bonds. The fourth-order valence-corrected chi connectivity index (χ4v) is 5.93. The van der Waals surface area contributed by atoms with E-state index in [1.54, 1.807) is 34.9 Å². The van der Waals surface area contributed by atoms with Crippen molar-refractivity contribution in [3.8, 4) is 5.75 Å². The molecule has 0 unspecified atom stereocenters. The van der Waals surface area contributed by atoms with Crippen LogP contribution in [0.4, 0.5) is 4.79 Å². The summed E-state index contributed by atoms with van der Waals surface area (Å²) in [6.45, 7) is 3.15. The molecular formula is C24H33N5O6S. The Morgan fingerprint density at radius 2 is 1.81 bits per heavy atom. The number of carbonyl (C=O) groups is 2. The number of carbonyl (C=O) groups excluding carboxylic acids is 2. The van der Waals surface area contributed by atoms with E-state index < -0.39 is 27.9 Å². The molecule has 11 nitrogen and oxygen atoms in total. The maximum absolute atomic E-state index is 13.9. The highest BCUT2D eigenvalue weighted by Crippen LogP contribution is 2.31. The van der Waals surface area contributed by atoms with Gasteiger partial charge in [-0.25, -0.2) is 18.7 Å². The molecule has 1 aliphatic rings. The van der Waals surface area contributed by atoms with Gasteiger partial charge in [0.1, 0.15) is 11.8 Å². The Kier molecular flexibility index (Phi) is 9.62. The fraction of sp³-hybridized carbons (Fsp3) is 0.458. The van der Waals surface area contributed by atoms with Gasteiger partial charge < -0.3 is 15.0 Å². The van der Waals surface area contributed by atoms with Crippen LogP contribution in [0.1, 0.15) is 31.7 Å². The minimum atomic E-state index is -4.18. The molecule has 3 rings (SSSR count). The predicted molar refractivity (Wildman–Crippen MR) is 132 cm³/mol. The predicted octanol–water partition coefficient (Wildman–Crippen LogP) is 1.99. The smallest absolute Gasteiger partial charge is 0.317 e. The monoisotopic (exact) mass is 519 g/mol. The van der Waals surface area contributed by atoms with E-state index in [1.807, 2.05) is 6.92 Å².